The van der Waals surface area contributed by atoms with Crippen LogP contribution in [0.2, 0.25) is 0 Å². The molecule has 0 bridgehead atoms. The third-order valence-electron chi connectivity index (χ3n) is 1.95. The van der Waals surface area contributed by atoms with E-state index in [0.29, 0.717) is 0 Å². The molecule has 0 aromatic carbocycles. The summed E-state index contributed by atoms with van der Waals surface area (Å²) in [6.45, 7) is 2.48. The minimum Gasteiger partial charge on any atom is -0.316 e. The number of fused-ring (bicyclic) bond motifs is 1. The van der Waals surface area contributed by atoms with Crippen LogP contribution in [0.25, 0.3) is 0 Å². The number of nitrogens with one attached hydrogen (secondary N) is 1. The second kappa shape index (κ2) is 1.22. The van der Waals surface area contributed by atoms with Crippen molar-refractivity contribution in [3.8, 4) is 0 Å². The van der Waals surface area contributed by atoms with Crippen LogP contribution in [0.1, 0.15) is 12.8 Å². The van der Waals surface area contributed by atoms with Gasteiger partial charge in [0.1, 0.15) is 0 Å². The van der Waals surface area contributed by atoms with Crippen LogP contribution in [0.15, 0.2) is 0 Å². The smallest absolute Gasteiger partial charge is 0.00165 e. The van der Waals surface area contributed by atoms with Gasteiger partial charge in [-0.2, -0.15) is 0 Å². The van der Waals surface area contributed by atoms with E-state index in [2.05, 4.69) is 5.32 Å². The molecule has 1 saturated carbocycles. The van der Waals surface area contributed by atoms with Crippen LogP contribution in [0.5, 0.6) is 0 Å². The monoisotopic (exact) mass is 96.1 g/mol. The Bertz CT molecular complexity index is 70.2. The Hall–Kier alpha value is -0.0400. The van der Waals surface area contributed by atoms with E-state index in [-0.39, 0.29) is 0 Å². The number of hydrogen-bond acceptors (Lipinski definition) is 1. The molecule has 2 aliphatic rings. The van der Waals surface area contributed by atoms with Gasteiger partial charge in [0.15, 0.2) is 0 Å². The lowest BCUT2D eigenvalue weighted by Gasteiger charge is -2.07. The van der Waals surface area contributed by atoms with Crippen molar-refractivity contribution in [1.29, 1.82) is 0 Å². The van der Waals surface area contributed by atoms with E-state index in [1.54, 1.807) is 5.92 Å². The fraction of sp³-hybridized carbons (Fsp3) is 0.833. The average molecular weight is 96.2 g/mol. The molecule has 2 fully saturated rings. The summed E-state index contributed by atoms with van der Waals surface area (Å²) in [6, 6.07) is 0. The molecule has 1 radical (unpaired) electrons. The molecule has 1 N–H and O–H groups in total. The first-order chi connectivity index (χ1) is 3.47. The molecule has 0 amide bonds. The zero-order valence-electron chi connectivity index (χ0n) is 4.41. The normalized spacial score (nSPS) is 40.3. The zero-order chi connectivity index (χ0) is 4.69. The second-order valence-corrected chi connectivity index (χ2v) is 2.52. The second-order valence-electron chi connectivity index (χ2n) is 2.52. The van der Waals surface area contributed by atoms with E-state index in [1.807, 2.05) is 0 Å². The van der Waals surface area contributed by atoms with Crippen LogP contribution in [0, 0.1) is 11.8 Å². The molecule has 1 heteroatoms. The highest BCUT2D eigenvalue weighted by Crippen LogP contribution is 2.44. The summed E-state index contributed by atoms with van der Waals surface area (Å²) in [5.41, 5.74) is 0. The largest absolute Gasteiger partial charge is 0.316 e. The summed E-state index contributed by atoms with van der Waals surface area (Å²) in [5.74, 6) is 2.83. The van der Waals surface area contributed by atoms with Gasteiger partial charge in [-0.25, -0.2) is 0 Å². The Morgan fingerprint density at radius 1 is 1.57 bits per heavy atom. The van der Waals surface area contributed by atoms with Crippen LogP contribution in [0.4, 0.5) is 0 Å². The maximum atomic E-state index is 3.34. The van der Waals surface area contributed by atoms with Crippen molar-refractivity contribution in [2.24, 2.45) is 5.92 Å². The van der Waals surface area contributed by atoms with E-state index in [9.17, 15) is 0 Å². The molecule has 7 heavy (non-hydrogen) atoms. The molecule has 1 aliphatic heterocycles. The summed E-state index contributed by atoms with van der Waals surface area (Å²) in [5, 5.41) is 3.34. The van der Waals surface area contributed by atoms with Gasteiger partial charge in [0.05, 0.1) is 0 Å². The predicted octanol–water partition coefficient (Wildman–Crippen LogP) is 0.574. The van der Waals surface area contributed by atoms with E-state index in [0.717, 1.165) is 5.92 Å². The fourth-order valence-electron chi connectivity index (χ4n) is 1.31. The lowest BCUT2D eigenvalue weighted by molar-refractivity contribution is 0.584. The Kier molecular flexibility index (Phi) is 0.680. The summed E-state index contributed by atoms with van der Waals surface area (Å²) >= 11 is 0. The van der Waals surface area contributed by atoms with Crippen molar-refractivity contribution < 1.29 is 0 Å². The average Bonchev–Trinajstić information content (AvgIpc) is 2.41. The first-order valence-electron chi connectivity index (χ1n) is 3.02. The molecule has 1 nitrogen and oxygen atoms in total. The van der Waals surface area contributed by atoms with Crippen LogP contribution < -0.4 is 5.32 Å². The van der Waals surface area contributed by atoms with Gasteiger partial charge in [0.2, 0.25) is 0 Å². The quantitative estimate of drug-likeness (QED) is 0.465. The van der Waals surface area contributed by atoms with E-state index in [1.165, 1.54) is 25.9 Å². The highest BCUT2D eigenvalue weighted by atomic mass is 14.9. The van der Waals surface area contributed by atoms with Gasteiger partial charge >= 0.3 is 0 Å². The molecule has 1 heterocycles. The molecule has 0 spiro atoms. The topological polar surface area (TPSA) is 12.0 Å². The van der Waals surface area contributed by atoms with Crippen molar-refractivity contribution in [3.63, 3.8) is 0 Å². The summed E-state index contributed by atoms with van der Waals surface area (Å²) < 4.78 is 0. The highest BCUT2D eigenvalue weighted by molar-refractivity contribution is 5.17. The van der Waals surface area contributed by atoms with Gasteiger partial charge in [0.25, 0.3) is 0 Å². The van der Waals surface area contributed by atoms with Crippen LogP contribution in [-0.2, 0) is 0 Å². The number of piperidine rings is 1. The SMILES string of the molecule is C1CC2C[C]2CN1. The molecule has 0 aromatic rings. The molecule has 1 unspecified atom stereocenters. The van der Waals surface area contributed by atoms with E-state index >= 15 is 0 Å². The van der Waals surface area contributed by atoms with E-state index in [4.69, 9.17) is 0 Å². The number of rotatable bonds is 0. The maximum absolute atomic E-state index is 3.34. The molecule has 1 aliphatic carbocycles. The standard InChI is InChI=1S/C6H10N/c1-2-7-4-6-3-5(1)6/h5,7H,1-4H2. The Balaban J connectivity index is 1.95. The van der Waals surface area contributed by atoms with Crippen LogP contribution >= 0.6 is 0 Å². The van der Waals surface area contributed by atoms with Gasteiger partial charge in [0, 0.05) is 6.54 Å². The number of hydrogen-bond donors (Lipinski definition) is 1. The van der Waals surface area contributed by atoms with Gasteiger partial charge in [-0.3, -0.25) is 0 Å². The lowest BCUT2D eigenvalue weighted by Crippen LogP contribution is -2.22. The van der Waals surface area contributed by atoms with Crippen molar-refractivity contribution in [1.82, 2.24) is 5.32 Å². The molecule has 0 aromatic heterocycles. The summed E-state index contributed by atoms with van der Waals surface area (Å²) in [6.07, 6.45) is 2.85. The summed E-state index contributed by atoms with van der Waals surface area (Å²) in [7, 11) is 0. The van der Waals surface area contributed by atoms with Crippen molar-refractivity contribution >= 4 is 0 Å². The first-order valence-corrected chi connectivity index (χ1v) is 3.02. The maximum Gasteiger partial charge on any atom is 0.00165 e. The van der Waals surface area contributed by atoms with Crippen molar-refractivity contribution in [3.05, 3.63) is 5.92 Å². The minimum absolute atomic E-state index is 1.06. The Labute approximate surface area is 44.1 Å². The van der Waals surface area contributed by atoms with Crippen molar-refractivity contribution in [2.75, 3.05) is 13.1 Å². The highest BCUT2D eigenvalue weighted by Gasteiger charge is 2.38. The molecule has 1 atom stereocenters. The van der Waals surface area contributed by atoms with Crippen LogP contribution in [0.3, 0.4) is 0 Å². The third-order valence-corrected chi connectivity index (χ3v) is 1.95. The molecular weight excluding hydrogens is 86.1 g/mol. The first kappa shape index (κ1) is 3.90. The predicted molar refractivity (Wildman–Crippen MR) is 28.8 cm³/mol. The summed E-state index contributed by atoms with van der Waals surface area (Å²) in [4.78, 5) is 0. The van der Waals surface area contributed by atoms with Gasteiger partial charge in [-0.05, 0) is 31.2 Å². The molecular formula is C6H10N. The third kappa shape index (κ3) is 0.556. The van der Waals surface area contributed by atoms with Crippen LogP contribution in [-0.4, -0.2) is 13.1 Å². The van der Waals surface area contributed by atoms with Gasteiger partial charge in [-0.1, -0.05) is 0 Å². The molecule has 39 valence electrons. The molecule has 1 saturated heterocycles. The minimum atomic E-state index is 1.06. The lowest BCUT2D eigenvalue weighted by atomic mass is 10.2. The fourth-order valence-corrected chi connectivity index (χ4v) is 1.31. The molecule has 2 rings (SSSR count). The van der Waals surface area contributed by atoms with Gasteiger partial charge < -0.3 is 5.32 Å². The Morgan fingerprint density at radius 2 is 2.57 bits per heavy atom. The zero-order valence-corrected chi connectivity index (χ0v) is 4.41. The van der Waals surface area contributed by atoms with E-state index < -0.39 is 0 Å². The Morgan fingerprint density at radius 3 is 3.14 bits per heavy atom. The van der Waals surface area contributed by atoms with Gasteiger partial charge in [-0.15, -0.1) is 0 Å². The van der Waals surface area contributed by atoms with Crippen molar-refractivity contribution in [2.45, 2.75) is 12.8 Å².